The number of amides is 1. The largest absolute Gasteiger partial charge is 0.497 e. The highest BCUT2D eigenvalue weighted by Crippen LogP contribution is 2.28. The zero-order valence-electron chi connectivity index (χ0n) is 11.8. The van der Waals surface area contributed by atoms with Crippen molar-refractivity contribution in [3.05, 3.63) is 18.2 Å². The molecule has 1 aromatic carbocycles. The Morgan fingerprint density at radius 2 is 2.05 bits per heavy atom. The lowest BCUT2D eigenvalue weighted by molar-refractivity contribution is -0.118. The summed E-state index contributed by atoms with van der Waals surface area (Å²) in [5, 5.41) is 2.86. The van der Waals surface area contributed by atoms with E-state index >= 15 is 0 Å². The number of carbonyl (C=O) groups is 1. The molecule has 0 unspecified atom stereocenters. The number of anilines is 1. The van der Waals surface area contributed by atoms with Gasteiger partial charge < -0.3 is 19.5 Å². The first-order valence-corrected chi connectivity index (χ1v) is 6.55. The standard InChI is InChI=1S/C14H20N2O4/c1-18-11-3-4-13(19-2)12(9-11)15-14(17)10-16-5-7-20-8-6-16/h3-4,9H,5-8,10H2,1-2H3,(H,15,17). The van der Waals surface area contributed by atoms with E-state index in [1.807, 2.05) is 0 Å². The summed E-state index contributed by atoms with van der Waals surface area (Å²) < 4.78 is 15.6. The first-order chi connectivity index (χ1) is 9.72. The van der Waals surface area contributed by atoms with Crippen molar-refractivity contribution < 1.29 is 19.0 Å². The number of nitrogens with zero attached hydrogens (tertiary/aromatic N) is 1. The molecule has 110 valence electrons. The van der Waals surface area contributed by atoms with Crippen molar-refractivity contribution in [2.45, 2.75) is 0 Å². The van der Waals surface area contributed by atoms with E-state index in [-0.39, 0.29) is 5.91 Å². The van der Waals surface area contributed by atoms with Gasteiger partial charge in [0.15, 0.2) is 0 Å². The Hall–Kier alpha value is -1.79. The SMILES string of the molecule is COc1ccc(OC)c(NC(=O)CN2CCOCC2)c1. The highest BCUT2D eigenvalue weighted by atomic mass is 16.5. The van der Waals surface area contributed by atoms with Gasteiger partial charge in [0.25, 0.3) is 0 Å². The van der Waals surface area contributed by atoms with Gasteiger partial charge in [-0.15, -0.1) is 0 Å². The second-order valence-electron chi connectivity index (χ2n) is 4.50. The third kappa shape index (κ3) is 3.85. The quantitative estimate of drug-likeness (QED) is 0.871. The van der Waals surface area contributed by atoms with E-state index in [0.29, 0.717) is 36.9 Å². The summed E-state index contributed by atoms with van der Waals surface area (Å²) in [4.78, 5) is 14.1. The van der Waals surface area contributed by atoms with Crippen LogP contribution < -0.4 is 14.8 Å². The van der Waals surface area contributed by atoms with Crippen molar-refractivity contribution >= 4 is 11.6 Å². The number of hydrogen-bond donors (Lipinski definition) is 1. The summed E-state index contributed by atoms with van der Waals surface area (Å²) in [6, 6.07) is 5.30. The Kier molecular flexibility index (Phi) is 5.20. The van der Waals surface area contributed by atoms with Gasteiger partial charge in [-0.2, -0.15) is 0 Å². The second-order valence-corrected chi connectivity index (χ2v) is 4.50. The molecule has 1 amide bonds. The average Bonchev–Trinajstić information content (AvgIpc) is 2.48. The molecule has 1 aliphatic heterocycles. The van der Waals surface area contributed by atoms with E-state index in [1.54, 1.807) is 32.4 Å². The van der Waals surface area contributed by atoms with Gasteiger partial charge in [0.05, 0.1) is 39.7 Å². The minimum Gasteiger partial charge on any atom is -0.497 e. The normalized spacial score (nSPS) is 15.7. The molecule has 1 heterocycles. The summed E-state index contributed by atoms with van der Waals surface area (Å²) in [6.45, 7) is 3.26. The van der Waals surface area contributed by atoms with E-state index in [2.05, 4.69) is 10.2 Å². The molecular formula is C14H20N2O4. The van der Waals surface area contributed by atoms with E-state index in [4.69, 9.17) is 14.2 Å². The molecule has 1 N–H and O–H groups in total. The fourth-order valence-corrected chi connectivity index (χ4v) is 2.06. The van der Waals surface area contributed by atoms with Gasteiger partial charge >= 0.3 is 0 Å². The third-order valence-corrected chi connectivity index (χ3v) is 3.15. The fraction of sp³-hybridized carbons (Fsp3) is 0.500. The lowest BCUT2D eigenvalue weighted by atomic mass is 10.2. The second kappa shape index (κ2) is 7.12. The molecule has 0 bridgehead atoms. The summed E-state index contributed by atoms with van der Waals surface area (Å²) >= 11 is 0. The van der Waals surface area contributed by atoms with E-state index in [0.717, 1.165) is 13.1 Å². The van der Waals surface area contributed by atoms with Crippen LogP contribution in [-0.2, 0) is 9.53 Å². The molecule has 6 nitrogen and oxygen atoms in total. The van der Waals surface area contributed by atoms with E-state index in [1.165, 1.54) is 0 Å². The van der Waals surface area contributed by atoms with Crippen molar-refractivity contribution in [2.75, 3.05) is 52.4 Å². The number of morpholine rings is 1. The molecule has 0 saturated carbocycles. The molecule has 0 atom stereocenters. The Labute approximate surface area is 118 Å². The van der Waals surface area contributed by atoms with Crippen LogP contribution in [0.3, 0.4) is 0 Å². The number of ether oxygens (including phenoxy) is 3. The van der Waals surface area contributed by atoms with Gasteiger partial charge in [-0.25, -0.2) is 0 Å². The monoisotopic (exact) mass is 280 g/mol. The topological polar surface area (TPSA) is 60.0 Å². The number of rotatable bonds is 5. The molecule has 1 fully saturated rings. The van der Waals surface area contributed by atoms with Crippen LogP contribution in [0.15, 0.2) is 18.2 Å². The van der Waals surface area contributed by atoms with Crippen molar-refractivity contribution in [3.8, 4) is 11.5 Å². The summed E-state index contributed by atoms with van der Waals surface area (Å²) in [5.41, 5.74) is 0.616. The van der Waals surface area contributed by atoms with Gasteiger partial charge in [-0.1, -0.05) is 0 Å². The maximum atomic E-state index is 12.1. The first kappa shape index (κ1) is 14.6. The molecule has 1 saturated heterocycles. The van der Waals surface area contributed by atoms with Crippen LogP contribution in [0.25, 0.3) is 0 Å². The van der Waals surface area contributed by atoms with E-state index in [9.17, 15) is 4.79 Å². The highest BCUT2D eigenvalue weighted by Gasteiger charge is 2.15. The number of hydrogen-bond acceptors (Lipinski definition) is 5. The molecule has 1 aliphatic rings. The molecule has 0 aromatic heterocycles. The van der Waals surface area contributed by atoms with E-state index < -0.39 is 0 Å². The number of carbonyl (C=O) groups excluding carboxylic acids is 1. The Morgan fingerprint density at radius 3 is 2.70 bits per heavy atom. The predicted octanol–water partition coefficient (Wildman–Crippen LogP) is 0.974. The average molecular weight is 280 g/mol. The summed E-state index contributed by atoms with van der Waals surface area (Å²) in [5.74, 6) is 1.21. The smallest absolute Gasteiger partial charge is 0.238 e. The Morgan fingerprint density at radius 1 is 1.30 bits per heavy atom. The zero-order chi connectivity index (χ0) is 14.4. The lowest BCUT2D eigenvalue weighted by Gasteiger charge is -2.25. The van der Waals surface area contributed by atoms with Gasteiger partial charge in [0.1, 0.15) is 11.5 Å². The molecule has 2 rings (SSSR count). The van der Waals surface area contributed by atoms with Crippen molar-refractivity contribution in [2.24, 2.45) is 0 Å². The van der Waals surface area contributed by atoms with Gasteiger partial charge in [-0.05, 0) is 12.1 Å². The van der Waals surface area contributed by atoms with Crippen LogP contribution in [-0.4, -0.2) is 57.9 Å². The first-order valence-electron chi connectivity index (χ1n) is 6.55. The van der Waals surface area contributed by atoms with Crippen molar-refractivity contribution in [1.82, 2.24) is 4.90 Å². The Balaban J connectivity index is 1.98. The van der Waals surface area contributed by atoms with Crippen LogP contribution >= 0.6 is 0 Å². The molecule has 1 aromatic rings. The number of nitrogens with one attached hydrogen (secondary N) is 1. The molecule has 0 aliphatic carbocycles. The van der Waals surface area contributed by atoms with Crippen LogP contribution in [0.5, 0.6) is 11.5 Å². The maximum Gasteiger partial charge on any atom is 0.238 e. The van der Waals surface area contributed by atoms with Gasteiger partial charge in [0.2, 0.25) is 5.91 Å². The molecular weight excluding hydrogens is 260 g/mol. The lowest BCUT2D eigenvalue weighted by Crippen LogP contribution is -2.41. The molecule has 6 heteroatoms. The zero-order valence-corrected chi connectivity index (χ0v) is 11.8. The van der Waals surface area contributed by atoms with Gasteiger partial charge in [0, 0.05) is 19.2 Å². The van der Waals surface area contributed by atoms with Crippen LogP contribution in [0.1, 0.15) is 0 Å². The van der Waals surface area contributed by atoms with Crippen molar-refractivity contribution in [1.29, 1.82) is 0 Å². The van der Waals surface area contributed by atoms with Crippen LogP contribution in [0.4, 0.5) is 5.69 Å². The highest BCUT2D eigenvalue weighted by molar-refractivity contribution is 5.94. The number of methoxy groups -OCH3 is 2. The summed E-state index contributed by atoms with van der Waals surface area (Å²) in [7, 11) is 3.15. The fourth-order valence-electron chi connectivity index (χ4n) is 2.06. The predicted molar refractivity (Wildman–Crippen MR) is 75.4 cm³/mol. The Bertz CT molecular complexity index is 458. The van der Waals surface area contributed by atoms with Crippen molar-refractivity contribution in [3.63, 3.8) is 0 Å². The molecule has 0 spiro atoms. The molecule has 0 radical (unpaired) electrons. The summed E-state index contributed by atoms with van der Waals surface area (Å²) in [6.07, 6.45) is 0. The number of benzene rings is 1. The van der Waals surface area contributed by atoms with Gasteiger partial charge in [-0.3, -0.25) is 9.69 Å². The third-order valence-electron chi connectivity index (χ3n) is 3.15. The van der Waals surface area contributed by atoms with Crippen LogP contribution in [0.2, 0.25) is 0 Å². The molecule has 20 heavy (non-hydrogen) atoms. The maximum absolute atomic E-state index is 12.1. The van der Waals surface area contributed by atoms with Crippen LogP contribution in [0, 0.1) is 0 Å². The minimum atomic E-state index is -0.0709. The minimum absolute atomic E-state index is 0.0709.